The molecule has 1 rings (SSSR count). The molecule has 0 amide bonds. The average Bonchev–Trinajstić information content (AvgIpc) is 2.48. The first-order chi connectivity index (χ1) is 7.29. The van der Waals surface area contributed by atoms with Crippen LogP contribution in [0, 0.1) is 5.92 Å². The Balaban J connectivity index is 2.51. The van der Waals surface area contributed by atoms with E-state index in [1.54, 1.807) is 0 Å². The molecule has 1 heterocycles. The molecule has 0 aromatic heterocycles. The topological polar surface area (TPSA) is 15.3 Å². The van der Waals surface area contributed by atoms with E-state index in [0.29, 0.717) is 18.5 Å². The first kappa shape index (κ1) is 13.8. The Labute approximate surface area is 95.2 Å². The van der Waals surface area contributed by atoms with Crippen molar-refractivity contribution in [3.8, 4) is 0 Å². The smallest absolute Gasteiger partial charge is 0.314 e. The van der Waals surface area contributed by atoms with Crippen LogP contribution < -0.4 is 5.32 Å². The molecule has 1 saturated heterocycles. The summed E-state index contributed by atoms with van der Waals surface area (Å²) in [5.74, 6) is 0.338. The minimum Gasteiger partial charge on any atom is -0.314 e. The highest BCUT2D eigenvalue weighted by molar-refractivity contribution is 4.83. The first-order valence-electron chi connectivity index (χ1n) is 5.84. The van der Waals surface area contributed by atoms with Crippen molar-refractivity contribution in [2.75, 3.05) is 19.6 Å². The van der Waals surface area contributed by atoms with Gasteiger partial charge >= 0.3 is 6.18 Å². The van der Waals surface area contributed by atoms with E-state index in [4.69, 9.17) is 0 Å². The molecule has 0 radical (unpaired) electrons. The van der Waals surface area contributed by atoms with E-state index in [1.165, 1.54) is 4.90 Å². The van der Waals surface area contributed by atoms with Crippen LogP contribution >= 0.6 is 0 Å². The van der Waals surface area contributed by atoms with E-state index in [0.717, 1.165) is 13.0 Å². The van der Waals surface area contributed by atoms with Crippen molar-refractivity contribution in [2.24, 2.45) is 5.92 Å². The van der Waals surface area contributed by atoms with Gasteiger partial charge in [-0.05, 0) is 39.7 Å². The highest BCUT2D eigenvalue weighted by Gasteiger charge is 2.34. The fourth-order valence-corrected chi connectivity index (χ4v) is 2.15. The molecule has 2 nitrogen and oxygen atoms in total. The largest absolute Gasteiger partial charge is 0.401 e. The van der Waals surface area contributed by atoms with Gasteiger partial charge in [0.2, 0.25) is 0 Å². The molecule has 0 saturated carbocycles. The van der Waals surface area contributed by atoms with E-state index < -0.39 is 12.7 Å². The molecule has 1 N–H and O–H groups in total. The molecule has 0 aromatic rings. The molecule has 1 aliphatic rings. The van der Waals surface area contributed by atoms with Gasteiger partial charge < -0.3 is 5.32 Å². The summed E-state index contributed by atoms with van der Waals surface area (Å²) in [6, 6.07) is 0.268. The Kier molecular flexibility index (Phi) is 4.62. The summed E-state index contributed by atoms with van der Waals surface area (Å²) in [4.78, 5) is 1.52. The third-order valence-electron chi connectivity index (χ3n) is 3.27. The summed E-state index contributed by atoms with van der Waals surface area (Å²) in [7, 11) is 0. The SMILES string of the molecule is CC1NCCC1CN(CC(F)(F)F)C(C)C. The fourth-order valence-electron chi connectivity index (χ4n) is 2.15. The fraction of sp³-hybridized carbons (Fsp3) is 1.00. The summed E-state index contributed by atoms with van der Waals surface area (Å²) in [5.41, 5.74) is 0. The van der Waals surface area contributed by atoms with Crippen molar-refractivity contribution in [3.63, 3.8) is 0 Å². The van der Waals surface area contributed by atoms with Crippen LogP contribution in [0.15, 0.2) is 0 Å². The second kappa shape index (κ2) is 5.36. The van der Waals surface area contributed by atoms with Crippen LogP contribution in [0.1, 0.15) is 27.2 Å². The summed E-state index contributed by atoms with van der Waals surface area (Å²) in [5, 5.41) is 3.27. The number of nitrogens with zero attached hydrogens (tertiary/aromatic N) is 1. The number of halogens is 3. The lowest BCUT2D eigenvalue weighted by atomic mass is 10.0. The highest BCUT2D eigenvalue weighted by Crippen LogP contribution is 2.22. The summed E-state index contributed by atoms with van der Waals surface area (Å²) < 4.78 is 37.1. The van der Waals surface area contributed by atoms with Gasteiger partial charge in [-0.3, -0.25) is 4.90 Å². The standard InChI is InChI=1S/C11H21F3N2/c1-8(2)16(7-11(12,13)14)6-10-4-5-15-9(10)3/h8-10,15H,4-7H2,1-3H3. The maximum absolute atomic E-state index is 12.4. The maximum Gasteiger partial charge on any atom is 0.401 e. The minimum atomic E-state index is -4.10. The van der Waals surface area contributed by atoms with E-state index in [1.807, 2.05) is 20.8 Å². The van der Waals surface area contributed by atoms with Crippen molar-refractivity contribution in [2.45, 2.75) is 45.5 Å². The van der Waals surface area contributed by atoms with Crippen molar-refractivity contribution in [1.82, 2.24) is 10.2 Å². The minimum absolute atomic E-state index is 0.0607. The van der Waals surface area contributed by atoms with Crippen LogP contribution in [0.3, 0.4) is 0 Å². The van der Waals surface area contributed by atoms with Crippen molar-refractivity contribution >= 4 is 0 Å². The third kappa shape index (κ3) is 4.29. The zero-order valence-corrected chi connectivity index (χ0v) is 10.1. The van der Waals surface area contributed by atoms with Crippen molar-refractivity contribution in [3.05, 3.63) is 0 Å². The van der Waals surface area contributed by atoms with E-state index in [2.05, 4.69) is 5.32 Å². The lowest BCUT2D eigenvalue weighted by Crippen LogP contribution is -2.43. The zero-order valence-electron chi connectivity index (χ0n) is 10.1. The molecule has 16 heavy (non-hydrogen) atoms. The van der Waals surface area contributed by atoms with Gasteiger partial charge in [-0.2, -0.15) is 13.2 Å². The molecule has 0 aromatic carbocycles. The van der Waals surface area contributed by atoms with Crippen LogP contribution in [0.2, 0.25) is 0 Å². The molecular formula is C11H21F3N2. The van der Waals surface area contributed by atoms with Crippen LogP contribution in [-0.2, 0) is 0 Å². The van der Waals surface area contributed by atoms with E-state index in [-0.39, 0.29) is 6.04 Å². The molecule has 0 aliphatic carbocycles. The van der Waals surface area contributed by atoms with Crippen LogP contribution in [0.25, 0.3) is 0 Å². The van der Waals surface area contributed by atoms with Gasteiger partial charge in [0.05, 0.1) is 6.54 Å². The van der Waals surface area contributed by atoms with Gasteiger partial charge in [0, 0.05) is 18.6 Å². The Morgan fingerprint density at radius 3 is 2.38 bits per heavy atom. The number of hydrogen-bond donors (Lipinski definition) is 1. The van der Waals surface area contributed by atoms with Crippen LogP contribution in [0.4, 0.5) is 13.2 Å². The molecule has 1 aliphatic heterocycles. The molecule has 0 bridgehead atoms. The predicted octanol–water partition coefficient (Wildman–Crippen LogP) is 2.26. The first-order valence-corrected chi connectivity index (χ1v) is 5.84. The highest BCUT2D eigenvalue weighted by atomic mass is 19.4. The second-order valence-corrected chi connectivity index (χ2v) is 4.93. The van der Waals surface area contributed by atoms with Gasteiger partial charge in [-0.25, -0.2) is 0 Å². The third-order valence-corrected chi connectivity index (χ3v) is 3.27. The number of rotatable bonds is 4. The summed E-state index contributed by atoms with van der Waals surface area (Å²) in [6.45, 7) is 6.34. The average molecular weight is 238 g/mol. The Bertz CT molecular complexity index is 216. The summed E-state index contributed by atoms with van der Waals surface area (Å²) in [6.07, 6.45) is -3.12. The lowest BCUT2D eigenvalue weighted by Gasteiger charge is -2.31. The second-order valence-electron chi connectivity index (χ2n) is 4.93. The monoisotopic (exact) mass is 238 g/mol. The molecule has 5 heteroatoms. The number of alkyl halides is 3. The molecule has 2 atom stereocenters. The zero-order chi connectivity index (χ0) is 12.3. The number of hydrogen-bond acceptors (Lipinski definition) is 2. The molecule has 1 fully saturated rings. The molecule has 96 valence electrons. The van der Waals surface area contributed by atoms with Crippen molar-refractivity contribution < 1.29 is 13.2 Å². The normalized spacial score (nSPS) is 27.0. The summed E-state index contributed by atoms with van der Waals surface area (Å²) >= 11 is 0. The Hall–Kier alpha value is -0.290. The maximum atomic E-state index is 12.4. The Morgan fingerprint density at radius 2 is 2.00 bits per heavy atom. The van der Waals surface area contributed by atoms with E-state index >= 15 is 0 Å². The van der Waals surface area contributed by atoms with Crippen LogP contribution in [0.5, 0.6) is 0 Å². The quantitative estimate of drug-likeness (QED) is 0.808. The van der Waals surface area contributed by atoms with Crippen molar-refractivity contribution in [1.29, 1.82) is 0 Å². The van der Waals surface area contributed by atoms with Gasteiger partial charge in [-0.1, -0.05) is 0 Å². The lowest BCUT2D eigenvalue weighted by molar-refractivity contribution is -0.151. The van der Waals surface area contributed by atoms with Gasteiger partial charge in [0.25, 0.3) is 0 Å². The van der Waals surface area contributed by atoms with Gasteiger partial charge in [-0.15, -0.1) is 0 Å². The number of nitrogens with one attached hydrogen (secondary N) is 1. The van der Waals surface area contributed by atoms with Gasteiger partial charge in [0.1, 0.15) is 0 Å². The van der Waals surface area contributed by atoms with Crippen LogP contribution in [-0.4, -0.2) is 42.8 Å². The molecule has 2 unspecified atom stereocenters. The molecule has 0 spiro atoms. The van der Waals surface area contributed by atoms with E-state index in [9.17, 15) is 13.2 Å². The predicted molar refractivity (Wildman–Crippen MR) is 58.3 cm³/mol. The molecular weight excluding hydrogens is 217 g/mol. The Morgan fingerprint density at radius 1 is 1.38 bits per heavy atom. The van der Waals surface area contributed by atoms with Gasteiger partial charge in [0.15, 0.2) is 0 Å².